The summed E-state index contributed by atoms with van der Waals surface area (Å²) in [6.07, 6.45) is 11.3. The molecule has 1 aromatic carbocycles. The van der Waals surface area contributed by atoms with Gasteiger partial charge in [-0.15, -0.1) is 0 Å². The molecule has 1 saturated heterocycles. The fourth-order valence-electron chi connectivity index (χ4n) is 5.39. The Morgan fingerprint density at radius 1 is 1.03 bits per heavy atom. The molecule has 0 amide bonds. The number of thiazole rings is 1. The van der Waals surface area contributed by atoms with Crippen molar-refractivity contribution in [2.45, 2.75) is 38.0 Å². The topological polar surface area (TPSA) is 55.1 Å². The molecule has 2 fully saturated rings. The average molecular weight is 509 g/mol. The summed E-state index contributed by atoms with van der Waals surface area (Å²) in [6, 6.07) is 8.38. The van der Waals surface area contributed by atoms with E-state index in [1.165, 1.54) is 10.3 Å². The molecule has 8 heteroatoms. The molecule has 0 N–H and O–H groups in total. The minimum Gasteiger partial charge on any atom is -0.360 e. The maximum Gasteiger partial charge on any atom is 0.186 e. The van der Waals surface area contributed by atoms with Gasteiger partial charge in [0.25, 0.3) is 0 Å². The molecule has 1 spiro atoms. The number of hydrogen-bond donors (Lipinski definition) is 0. The maximum atomic E-state index is 6.49. The lowest BCUT2D eigenvalue weighted by molar-refractivity contribution is 0.277. The number of anilines is 1. The van der Waals surface area contributed by atoms with Crippen LogP contribution in [0.5, 0.6) is 0 Å². The molecule has 1 aliphatic heterocycles. The van der Waals surface area contributed by atoms with Crippen molar-refractivity contribution in [3.8, 4) is 11.3 Å². The standard InChI is InChI=1S/C26H22Cl2N4OS/c27-17-13-29-14-18(28)22(17)23-21(24(33-31-23)15-5-6-15)16-11-26(12-16)7-9-32(10-8-26)25-30-19-3-1-2-4-20(19)34-25/h1-4,11,13-15H,5-10,12H2. The number of para-hydroxylation sites is 1. The van der Waals surface area contributed by atoms with Crippen LogP contribution in [0.2, 0.25) is 10.0 Å². The number of fused-ring (bicyclic) bond motifs is 1. The van der Waals surface area contributed by atoms with Crippen molar-refractivity contribution < 1.29 is 4.52 Å². The Bertz CT molecular complexity index is 1390. The van der Waals surface area contributed by atoms with Crippen molar-refractivity contribution in [1.29, 1.82) is 0 Å². The first kappa shape index (κ1) is 20.9. The van der Waals surface area contributed by atoms with Crippen LogP contribution < -0.4 is 4.90 Å². The first-order valence-corrected chi connectivity index (χ1v) is 13.3. The second-order valence-electron chi connectivity index (χ2n) is 9.68. The molecule has 1 saturated carbocycles. The molecule has 7 rings (SSSR count). The lowest BCUT2D eigenvalue weighted by Gasteiger charge is -2.46. The minimum atomic E-state index is 0.240. The van der Waals surface area contributed by atoms with Crippen LogP contribution in [0.25, 0.3) is 27.0 Å². The average Bonchev–Trinajstić information content (AvgIpc) is 3.43. The van der Waals surface area contributed by atoms with Crippen LogP contribution >= 0.6 is 34.5 Å². The lowest BCUT2D eigenvalue weighted by Crippen LogP contribution is -2.42. The van der Waals surface area contributed by atoms with E-state index in [-0.39, 0.29) is 5.41 Å². The predicted molar refractivity (Wildman–Crippen MR) is 138 cm³/mol. The number of hydrogen-bond acceptors (Lipinski definition) is 6. The third-order valence-corrected chi connectivity index (χ3v) is 9.08. The largest absolute Gasteiger partial charge is 0.360 e. The molecule has 0 radical (unpaired) electrons. The van der Waals surface area contributed by atoms with Gasteiger partial charge in [-0.2, -0.15) is 0 Å². The number of aromatic nitrogens is 3. The molecule has 34 heavy (non-hydrogen) atoms. The smallest absolute Gasteiger partial charge is 0.186 e. The van der Waals surface area contributed by atoms with Gasteiger partial charge in [0, 0.05) is 42.5 Å². The molecular formula is C26H22Cl2N4OS. The SMILES string of the molecule is Clc1cncc(Cl)c1-c1noc(C2CC2)c1C1=CC2(CCN(c3nc4ccccc4s3)CC2)C1. The lowest BCUT2D eigenvalue weighted by atomic mass is 9.63. The molecule has 3 aromatic heterocycles. The molecule has 0 atom stereocenters. The van der Waals surface area contributed by atoms with Gasteiger partial charge < -0.3 is 9.42 Å². The van der Waals surface area contributed by atoms with E-state index in [9.17, 15) is 0 Å². The van der Waals surface area contributed by atoms with Crippen LogP contribution in [-0.4, -0.2) is 28.2 Å². The first-order valence-electron chi connectivity index (χ1n) is 11.7. The summed E-state index contributed by atoms with van der Waals surface area (Å²) in [7, 11) is 0. The van der Waals surface area contributed by atoms with Crippen LogP contribution in [0.3, 0.4) is 0 Å². The summed E-state index contributed by atoms with van der Waals surface area (Å²) < 4.78 is 7.13. The molecule has 172 valence electrons. The molecule has 2 aliphatic carbocycles. The highest BCUT2D eigenvalue weighted by atomic mass is 35.5. The summed E-state index contributed by atoms with van der Waals surface area (Å²) in [5.74, 6) is 1.45. The van der Waals surface area contributed by atoms with Crippen molar-refractivity contribution in [3.05, 3.63) is 64.1 Å². The minimum absolute atomic E-state index is 0.240. The van der Waals surface area contributed by atoms with E-state index in [0.29, 0.717) is 16.0 Å². The summed E-state index contributed by atoms with van der Waals surface area (Å²) >= 11 is 14.8. The normalized spacial score (nSPS) is 19.5. The molecule has 0 bridgehead atoms. The summed E-state index contributed by atoms with van der Waals surface area (Å²) in [5, 5.41) is 6.59. The zero-order chi connectivity index (χ0) is 22.9. The highest BCUT2D eigenvalue weighted by Gasteiger charge is 2.44. The zero-order valence-corrected chi connectivity index (χ0v) is 20.8. The predicted octanol–water partition coefficient (Wildman–Crippen LogP) is 7.60. The van der Waals surface area contributed by atoms with E-state index in [0.717, 1.165) is 78.4 Å². The number of benzene rings is 1. The third kappa shape index (κ3) is 3.38. The van der Waals surface area contributed by atoms with E-state index >= 15 is 0 Å². The molecule has 4 aromatic rings. The van der Waals surface area contributed by atoms with Gasteiger partial charge >= 0.3 is 0 Å². The number of halogens is 2. The molecule has 4 heterocycles. The third-order valence-electron chi connectivity index (χ3n) is 7.41. The van der Waals surface area contributed by atoms with Gasteiger partial charge in [0.1, 0.15) is 11.5 Å². The monoisotopic (exact) mass is 508 g/mol. The van der Waals surface area contributed by atoms with Crippen molar-refractivity contribution in [1.82, 2.24) is 15.1 Å². The second kappa shape index (κ2) is 7.80. The fraction of sp³-hybridized carbons (Fsp3) is 0.346. The number of piperidine rings is 1. The summed E-state index contributed by atoms with van der Waals surface area (Å²) in [5.41, 5.74) is 5.23. The molecular weight excluding hydrogens is 487 g/mol. The fourth-order valence-corrected chi connectivity index (χ4v) is 6.95. The molecule has 5 nitrogen and oxygen atoms in total. The summed E-state index contributed by atoms with van der Waals surface area (Å²) in [4.78, 5) is 11.4. The Kier molecular flexibility index (Phi) is 4.80. The first-order chi connectivity index (χ1) is 16.6. The van der Waals surface area contributed by atoms with Crippen LogP contribution in [-0.2, 0) is 0 Å². The number of pyridine rings is 1. The van der Waals surface area contributed by atoms with Crippen molar-refractivity contribution in [2.75, 3.05) is 18.0 Å². The van der Waals surface area contributed by atoms with E-state index in [1.54, 1.807) is 23.7 Å². The van der Waals surface area contributed by atoms with Gasteiger partial charge in [-0.3, -0.25) is 4.98 Å². The maximum absolute atomic E-state index is 6.49. The second-order valence-corrected chi connectivity index (χ2v) is 11.5. The van der Waals surface area contributed by atoms with Crippen LogP contribution in [0.15, 0.2) is 47.3 Å². The van der Waals surface area contributed by atoms with Crippen molar-refractivity contribution in [2.24, 2.45) is 5.41 Å². The van der Waals surface area contributed by atoms with Crippen LogP contribution in [0, 0.1) is 5.41 Å². The van der Waals surface area contributed by atoms with Crippen molar-refractivity contribution in [3.63, 3.8) is 0 Å². The summed E-state index contributed by atoms with van der Waals surface area (Å²) in [6.45, 7) is 2.05. The Balaban J connectivity index is 1.17. The van der Waals surface area contributed by atoms with E-state index in [1.807, 2.05) is 0 Å². The van der Waals surface area contributed by atoms with Crippen LogP contribution in [0.1, 0.15) is 49.3 Å². The Hall–Kier alpha value is -2.41. The van der Waals surface area contributed by atoms with Gasteiger partial charge in [0.15, 0.2) is 5.13 Å². The van der Waals surface area contributed by atoms with E-state index in [4.69, 9.17) is 32.7 Å². The van der Waals surface area contributed by atoms with E-state index in [2.05, 4.69) is 45.4 Å². The van der Waals surface area contributed by atoms with Gasteiger partial charge in [-0.1, -0.05) is 57.9 Å². The van der Waals surface area contributed by atoms with Gasteiger partial charge in [0.05, 0.1) is 20.3 Å². The highest BCUT2D eigenvalue weighted by Crippen LogP contribution is 2.56. The Labute approximate surface area is 211 Å². The van der Waals surface area contributed by atoms with Gasteiger partial charge in [-0.05, 0) is 55.2 Å². The Morgan fingerprint density at radius 2 is 1.76 bits per heavy atom. The van der Waals surface area contributed by atoms with E-state index < -0.39 is 0 Å². The zero-order valence-electron chi connectivity index (χ0n) is 18.4. The number of rotatable bonds is 4. The van der Waals surface area contributed by atoms with Gasteiger partial charge in [0.2, 0.25) is 0 Å². The Morgan fingerprint density at radius 3 is 2.47 bits per heavy atom. The molecule has 3 aliphatic rings. The van der Waals surface area contributed by atoms with Gasteiger partial charge in [-0.25, -0.2) is 4.98 Å². The van der Waals surface area contributed by atoms with Crippen LogP contribution in [0.4, 0.5) is 5.13 Å². The number of allylic oxidation sites excluding steroid dienone is 2. The molecule has 0 unspecified atom stereocenters. The van der Waals surface area contributed by atoms with Crippen molar-refractivity contribution >= 4 is 55.5 Å². The number of nitrogens with zero attached hydrogens (tertiary/aromatic N) is 4. The highest BCUT2D eigenvalue weighted by molar-refractivity contribution is 7.22. The quantitative estimate of drug-likeness (QED) is 0.284.